The summed E-state index contributed by atoms with van der Waals surface area (Å²) in [5.41, 5.74) is 0.977. The number of benzene rings is 1. The highest BCUT2D eigenvalue weighted by atomic mass is 32.1. The van der Waals surface area contributed by atoms with Gasteiger partial charge in [-0.1, -0.05) is 13.0 Å². The maximum Gasteiger partial charge on any atom is 0.264 e. The van der Waals surface area contributed by atoms with Crippen molar-refractivity contribution >= 4 is 33.8 Å². The summed E-state index contributed by atoms with van der Waals surface area (Å²) in [6, 6.07) is 7.96. The summed E-state index contributed by atoms with van der Waals surface area (Å²) in [7, 11) is 0. The zero-order valence-electron chi connectivity index (χ0n) is 16.3. The highest BCUT2D eigenvalue weighted by molar-refractivity contribution is 7.12. The molecular formula is C22H23F2N3OS. The van der Waals surface area contributed by atoms with E-state index in [1.54, 1.807) is 6.20 Å². The summed E-state index contributed by atoms with van der Waals surface area (Å²) in [4.78, 5) is 21.9. The van der Waals surface area contributed by atoms with E-state index in [0.29, 0.717) is 5.39 Å². The maximum absolute atomic E-state index is 14.1. The quantitative estimate of drug-likeness (QED) is 0.582. The van der Waals surface area contributed by atoms with Gasteiger partial charge in [0, 0.05) is 49.0 Å². The molecule has 1 aliphatic heterocycles. The number of hydrogen-bond donors (Lipinski definition) is 0. The molecule has 4 rings (SSSR count). The Labute approximate surface area is 172 Å². The second kappa shape index (κ2) is 8.45. The first kappa shape index (κ1) is 19.8. The van der Waals surface area contributed by atoms with Gasteiger partial charge in [0.1, 0.15) is 11.3 Å². The van der Waals surface area contributed by atoms with Gasteiger partial charge in [0.05, 0.1) is 4.88 Å². The molecule has 0 unspecified atom stereocenters. The van der Waals surface area contributed by atoms with Crippen molar-refractivity contribution in [3.05, 3.63) is 58.4 Å². The van der Waals surface area contributed by atoms with E-state index >= 15 is 0 Å². The SMILES string of the molecule is CCCN(C(=O)c1cccs1)C1CCN(c2ccnc3c(F)cc(F)cc23)CC1. The molecule has 0 aliphatic carbocycles. The number of carbonyl (C=O) groups is 1. The number of rotatable bonds is 5. The lowest BCUT2D eigenvalue weighted by atomic mass is 10.0. The normalized spacial score (nSPS) is 15.1. The van der Waals surface area contributed by atoms with E-state index in [2.05, 4.69) is 16.8 Å². The number of hydrogen-bond acceptors (Lipinski definition) is 4. The molecule has 0 spiro atoms. The Hall–Kier alpha value is -2.54. The molecule has 7 heteroatoms. The predicted molar refractivity (Wildman–Crippen MR) is 113 cm³/mol. The predicted octanol–water partition coefficient (Wildman–Crippen LogP) is 5.10. The van der Waals surface area contributed by atoms with Crippen molar-refractivity contribution in [2.45, 2.75) is 32.2 Å². The number of fused-ring (bicyclic) bond motifs is 1. The summed E-state index contributed by atoms with van der Waals surface area (Å²) >= 11 is 1.47. The summed E-state index contributed by atoms with van der Waals surface area (Å²) in [5.74, 6) is -1.15. The zero-order valence-corrected chi connectivity index (χ0v) is 17.1. The molecule has 0 saturated carbocycles. The van der Waals surface area contributed by atoms with Crippen LogP contribution >= 0.6 is 11.3 Å². The van der Waals surface area contributed by atoms with Gasteiger partial charge in [-0.05, 0) is 42.8 Å². The van der Waals surface area contributed by atoms with E-state index in [0.717, 1.165) is 55.5 Å². The summed E-state index contributed by atoms with van der Waals surface area (Å²) in [6.45, 7) is 4.26. The van der Waals surface area contributed by atoms with Crippen molar-refractivity contribution < 1.29 is 13.6 Å². The Balaban J connectivity index is 1.53. The second-order valence-corrected chi connectivity index (χ2v) is 8.26. The third-order valence-corrected chi connectivity index (χ3v) is 6.30. The first-order valence-corrected chi connectivity index (χ1v) is 10.8. The number of piperidine rings is 1. The number of aromatic nitrogens is 1. The Morgan fingerprint density at radius 3 is 2.76 bits per heavy atom. The third kappa shape index (κ3) is 3.96. The van der Waals surface area contributed by atoms with E-state index < -0.39 is 11.6 Å². The molecule has 29 heavy (non-hydrogen) atoms. The minimum atomic E-state index is -0.646. The highest BCUT2D eigenvalue weighted by Crippen LogP contribution is 2.31. The Bertz CT molecular complexity index is 1000. The average molecular weight is 416 g/mol. The van der Waals surface area contributed by atoms with Gasteiger partial charge < -0.3 is 9.80 Å². The number of amides is 1. The van der Waals surface area contributed by atoms with Crippen LogP contribution in [0.3, 0.4) is 0 Å². The molecule has 2 aromatic heterocycles. The monoisotopic (exact) mass is 415 g/mol. The number of nitrogens with zero attached hydrogens (tertiary/aromatic N) is 3. The Morgan fingerprint density at radius 2 is 2.07 bits per heavy atom. The summed E-state index contributed by atoms with van der Waals surface area (Å²) in [5, 5.41) is 2.41. The first-order valence-electron chi connectivity index (χ1n) is 9.91. The van der Waals surface area contributed by atoms with Crippen molar-refractivity contribution in [3.8, 4) is 0 Å². The van der Waals surface area contributed by atoms with Gasteiger partial charge in [0.15, 0.2) is 5.82 Å². The largest absolute Gasteiger partial charge is 0.371 e. The van der Waals surface area contributed by atoms with Gasteiger partial charge >= 0.3 is 0 Å². The van der Waals surface area contributed by atoms with Crippen LogP contribution in [0.15, 0.2) is 41.9 Å². The minimum Gasteiger partial charge on any atom is -0.371 e. The second-order valence-electron chi connectivity index (χ2n) is 7.31. The van der Waals surface area contributed by atoms with Crippen molar-refractivity contribution in [2.24, 2.45) is 0 Å². The van der Waals surface area contributed by atoms with Crippen molar-refractivity contribution in [2.75, 3.05) is 24.5 Å². The number of halogens is 2. The van der Waals surface area contributed by atoms with Crippen LogP contribution in [0.25, 0.3) is 10.9 Å². The lowest BCUT2D eigenvalue weighted by molar-refractivity contribution is 0.0655. The van der Waals surface area contributed by atoms with E-state index in [-0.39, 0.29) is 17.5 Å². The Kier molecular flexibility index (Phi) is 5.76. The van der Waals surface area contributed by atoms with Gasteiger partial charge in [0.25, 0.3) is 5.91 Å². The number of carbonyl (C=O) groups excluding carboxylic acids is 1. The minimum absolute atomic E-state index is 0.0961. The topological polar surface area (TPSA) is 36.4 Å². The Morgan fingerprint density at radius 1 is 1.28 bits per heavy atom. The molecule has 1 amide bonds. The standard InChI is InChI=1S/C22H23F2N3OS/c1-2-9-27(22(28)20-4-3-12-29-20)16-6-10-26(11-7-16)19-5-8-25-21-17(19)13-15(23)14-18(21)24/h3-5,8,12-14,16H,2,6-7,9-11H2,1H3. The van der Waals surface area contributed by atoms with Gasteiger partial charge in [-0.15, -0.1) is 11.3 Å². The van der Waals surface area contributed by atoms with E-state index in [9.17, 15) is 13.6 Å². The van der Waals surface area contributed by atoms with Gasteiger partial charge in [-0.3, -0.25) is 9.78 Å². The number of pyridine rings is 1. The fourth-order valence-electron chi connectivity index (χ4n) is 4.09. The van der Waals surface area contributed by atoms with Gasteiger partial charge in [-0.2, -0.15) is 0 Å². The van der Waals surface area contributed by atoms with Crippen molar-refractivity contribution in [3.63, 3.8) is 0 Å². The van der Waals surface area contributed by atoms with Gasteiger partial charge in [-0.25, -0.2) is 8.78 Å². The maximum atomic E-state index is 14.1. The van der Waals surface area contributed by atoms with Crippen LogP contribution in [0.1, 0.15) is 35.9 Å². The van der Waals surface area contributed by atoms with Crippen LogP contribution in [-0.4, -0.2) is 41.5 Å². The molecule has 152 valence electrons. The van der Waals surface area contributed by atoms with Crippen LogP contribution < -0.4 is 4.90 Å². The molecule has 3 aromatic rings. The molecule has 0 radical (unpaired) electrons. The molecule has 1 aliphatic rings. The average Bonchev–Trinajstić information content (AvgIpc) is 3.26. The number of thiophene rings is 1. The van der Waals surface area contributed by atoms with Gasteiger partial charge in [0.2, 0.25) is 0 Å². The lowest BCUT2D eigenvalue weighted by Crippen LogP contribution is -2.47. The molecule has 0 N–H and O–H groups in total. The van der Waals surface area contributed by atoms with Crippen LogP contribution in [0, 0.1) is 11.6 Å². The smallest absolute Gasteiger partial charge is 0.264 e. The molecule has 0 bridgehead atoms. The first-order chi connectivity index (χ1) is 14.1. The molecular weight excluding hydrogens is 392 g/mol. The third-order valence-electron chi connectivity index (χ3n) is 5.44. The van der Waals surface area contributed by atoms with Crippen LogP contribution in [0.2, 0.25) is 0 Å². The fourth-order valence-corrected chi connectivity index (χ4v) is 4.77. The number of anilines is 1. The van der Waals surface area contributed by atoms with Crippen LogP contribution in [-0.2, 0) is 0 Å². The van der Waals surface area contributed by atoms with Crippen molar-refractivity contribution in [1.29, 1.82) is 0 Å². The van der Waals surface area contributed by atoms with Crippen molar-refractivity contribution in [1.82, 2.24) is 9.88 Å². The van der Waals surface area contributed by atoms with E-state index in [4.69, 9.17) is 0 Å². The molecule has 1 fully saturated rings. The summed E-state index contributed by atoms with van der Waals surface area (Å²) in [6.07, 6.45) is 4.11. The van der Waals surface area contributed by atoms with E-state index in [1.165, 1.54) is 17.4 Å². The fraction of sp³-hybridized carbons (Fsp3) is 0.364. The van der Waals surface area contributed by atoms with E-state index in [1.807, 2.05) is 28.5 Å². The molecule has 4 nitrogen and oxygen atoms in total. The van der Waals surface area contributed by atoms with Crippen LogP contribution in [0.4, 0.5) is 14.5 Å². The zero-order chi connectivity index (χ0) is 20.4. The lowest BCUT2D eigenvalue weighted by Gasteiger charge is -2.39. The molecule has 1 saturated heterocycles. The molecule has 1 aromatic carbocycles. The van der Waals surface area contributed by atoms with Crippen LogP contribution in [0.5, 0.6) is 0 Å². The highest BCUT2D eigenvalue weighted by Gasteiger charge is 2.29. The summed E-state index contributed by atoms with van der Waals surface area (Å²) < 4.78 is 27.9. The molecule has 3 heterocycles. The molecule has 0 atom stereocenters.